The van der Waals surface area contributed by atoms with E-state index in [2.05, 4.69) is 34.2 Å². The zero-order chi connectivity index (χ0) is 27.3. The van der Waals surface area contributed by atoms with Gasteiger partial charge in [-0.15, -0.1) is 0 Å². The smallest absolute Gasteiger partial charge is 0.335 e. The summed E-state index contributed by atoms with van der Waals surface area (Å²) in [5.74, 6) is -2.64. The number of alkyl halides is 3. The van der Waals surface area contributed by atoms with E-state index in [4.69, 9.17) is 23.2 Å². The summed E-state index contributed by atoms with van der Waals surface area (Å²) in [5, 5.41) is 17.5. The zero-order valence-corrected chi connectivity index (χ0v) is 22.5. The third kappa shape index (κ3) is 5.44. The lowest BCUT2D eigenvalue weighted by atomic mass is 9.81. The molecule has 0 aromatic heterocycles. The Kier molecular flexibility index (Phi) is 7.52. The summed E-state index contributed by atoms with van der Waals surface area (Å²) in [6.45, 7) is 5.93. The van der Waals surface area contributed by atoms with Gasteiger partial charge in [-0.25, -0.2) is 0 Å². The molecule has 0 aromatic rings. The molecule has 4 amide bonds. The zero-order valence-electron chi connectivity index (χ0n) is 21.0. The average Bonchev–Trinajstić information content (AvgIpc) is 3.57. The van der Waals surface area contributed by atoms with E-state index in [9.17, 15) is 28.8 Å². The minimum absolute atomic E-state index is 0.0495. The molecule has 3 fully saturated rings. The molecule has 4 aliphatic rings. The van der Waals surface area contributed by atoms with Gasteiger partial charge in [0.15, 0.2) is 0 Å². The van der Waals surface area contributed by atoms with E-state index in [0.717, 1.165) is 6.42 Å². The Labute approximate surface area is 225 Å². The highest BCUT2D eigenvalue weighted by Crippen LogP contribution is 2.54. The number of hydrogen-bond donors (Lipinski definition) is 3. The second-order valence-corrected chi connectivity index (χ2v) is 12.8. The van der Waals surface area contributed by atoms with Crippen molar-refractivity contribution in [3.05, 3.63) is 12.2 Å². The molecule has 0 aromatic carbocycles. The molecule has 12 heteroatoms. The number of allylic oxidation sites excluding steroid dienone is 2. The molecule has 2 heterocycles. The highest BCUT2D eigenvalue weighted by Gasteiger charge is 2.59. The summed E-state index contributed by atoms with van der Waals surface area (Å²) in [5.41, 5.74) is -0.854. The quantitative estimate of drug-likeness (QED) is 0.325. The molecule has 3 N–H and O–H groups in total. The SMILES string of the molecule is CC(C)(C)[C@H](NC(=O)C(F)(Cl)Cl)C(=O)N1C[C@H]2[C@@H]([C@H]1C(=O)N[C@H](C#N)C[C@@H]1CCNC1=O)[C@H]1C=C[C@@H]2C1. The first-order valence-corrected chi connectivity index (χ1v) is 13.3. The predicted octanol–water partition coefficient (Wildman–Crippen LogP) is 1.80. The van der Waals surface area contributed by atoms with Crippen molar-refractivity contribution >= 4 is 46.8 Å². The molecular formula is C25H32Cl2FN5O4. The fourth-order valence-electron chi connectivity index (χ4n) is 6.36. The second kappa shape index (κ2) is 10.1. The third-order valence-electron chi connectivity index (χ3n) is 8.15. The first kappa shape index (κ1) is 27.6. The van der Waals surface area contributed by atoms with Crippen LogP contribution in [0.3, 0.4) is 0 Å². The fraction of sp³-hybridized carbons (Fsp3) is 0.720. The molecule has 0 radical (unpaired) electrons. The number of fused-ring (bicyclic) bond motifs is 5. The Morgan fingerprint density at radius 2 is 1.92 bits per heavy atom. The average molecular weight is 556 g/mol. The van der Waals surface area contributed by atoms with Gasteiger partial charge in [0, 0.05) is 19.0 Å². The summed E-state index contributed by atoms with van der Waals surface area (Å²) in [4.78, 5) is 53.3. The molecule has 2 aliphatic carbocycles. The van der Waals surface area contributed by atoms with Crippen LogP contribution in [0.4, 0.5) is 4.39 Å². The Morgan fingerprint density at radius 3 is 2.49 bits per heavy atom. The lowest BCUT2D eigenvalue weighted by Crippen LogP contribution is -2.60. The van der Waals surface area contributed by atoms with Crippen LogP contribution in [-0.2, 0) is 19.2 Å². The van der Waals surface area contributed by atoms with Crippen molar-refractivity contribution in [3.8, 4) is 6.07 Å². The summed E-state index contributed by atoms with van der Waals surface area (Å²) < 4.78 is 10.7. The van der Waals surface area contributed by atoms with Crippen molar-refractivity contribution in [3.63, 3.8) is 0 Å². The minimum atomic E-state index is -3.22. The highest BCUT2D eigenvalue weighted by molar-refractivity contribution is 6.56. The molecule has 0 spiro atoms. The van der Waals surface area contributed by atoms with Crippen molar-refractivity contribution in [2.24, 2.45) is 35.0 Å². The van der Waals surface area contributed by atoms with E-state index >= 15 is 0 Å². The largest absolute Gasteiger partial charge is 0.356 e. The summed E-state index contributed by atoms with van der Waals surface area (Å²) in [7, 11) is 0. The number of halogens is 3. The van der Waals surface area contributed by atoms with E-state index in [-0.39, 0.29) is 41.9 Å². The van der Waals surface area contributed by atoms with Gasteiger partial charge in [-0.1, -0.05) is 56.1 Å². The molecule has 2 bridgehead atoms. The van der Waals surface area contributed by atoms with Gasteiger partial charge >= 0.3 is 4.59 Å². The molecule has 37 heavy (non-hydrogen) atoms. The summed E-state index contributed by atoms with van der Waals surface area (Å²) in [6, 6.07) is -0.912. The van der Waals surface area contributed by atoms with Gasteiger partial charge in [-0.2, -0.15) is 9.65 Å². The Bertz CT molecular complexity index is 1050. The number of amides is 4. The van der Waals surface area contributed by atoms with E-state index in [0.29, 0.717) is 19.5 Å². The van der Waals surface area contributed by atoms with Crippen molar-refractivity contribution in [1.82, 2.24) is 20.9 Å². The van der Waals surface area contributed by atoms with Crippen LogP contribution in [0.2, 0.25) is 0 Å². The second-order valence-electron chi connectivity index (χ2n) is 11.6. The molecule has 4 rings (SSSR count). The van der Waals surface area contributed by atoms with Crippen molar-refractivity contribution in [2.75, 3.05) is 13.1 Å². The van der Waals surface area contributed by atoms with E-state index in [1.165, 1.54) is 4.90 Å². The normalized spacial score (nSPS) is 31.9. The van der Waals surface area contributed by atoms with Crippen LogP contribution >= 0.6 is 23.2 Å². The van der Waals surface area contributed by atoms with Crippen molar-refractivity contribution in [1.29, 1.82) is 5.26 Å². The monoisotopic (exact) mass is 555 g/mol. The summed E-state index contributed by atoms with van der Waals surface area (Å²) in [6.07, 6.45) is 5.86. The van der Waals surface area contributed by atoms with E-state index < -0.39 is 45.8 Å². The van der Waals surface area contributed by atoms with Gasteiger partial charge in [0.25, 0.3) is 5.91 Å². The van der Waals surface area contributed by atoms with Gasteiger partial charge in [-0.3, -0.25) is 19.2 Å². The molecule has 9 nitrogen and oxygen atoms in total. The lowest BCUT2D eigenvalue weighted by Gasteiger charge is -2.37. The maximum atomic E-state index is 13.9. The van der Waals surface area contributed by atoms with Crippen molar-refractivity contribution < 1.29 is 23.6 Å². The fourth-order valence-corrected chi connectivity index (χ4v) is 6.47. The van der Waals surface area contributed by atoms with Gasteiger partial charge in [0.1, 0.15) is 18.1 Å². The number of carbonyl (C=O) groups excluding carboxylic acids is 4. The lowest BCUT2D eigenvalue weighted by molar-refractivity contribution is -0.145. The van der Waals surface area contributed by atoms with Gasteiger partial charge < -0.3 is 20.9 Å². The van der Waals surface area contributed by atoms with E-state index in [1.54, 1.807) is 20.8 Å². The molecule has 1 saturated carbocycles. The van der Waals surface area contributed by atoms with Gasteiger partial charge in [-0.05, 0) is 48.3 Å². The first-order valence-electron chi connectivity index (χ1n) is 12.6. The molecule has 0 unspecified atom stereocenters. The number of nitrogens with one attached hydrogen (secondary N) is 3. The van der Waals surface area contributed by atoms with Crippen LogP contribution in [0, 0.1) is 46.3 Å². The number of likely N-dealkylation sites (tertiary alicyclic amines) is 1. The number of carbonyl (C=O) groups is 4. The number of hydrogen-bond acceptors (Lipinski definition) is 5. The van der Waals surface area contributed by atoms with Crippen molar-refractivity contribution in [2.45, 2.75) is 62.7 Å². The molecule has 2 aliphatic heterocycles. The standard InChI is InChI=1S/C25H32Cl2FN5O4/c1-24(2,3)19(32-23(37)25(26,27)28)22(36)33-11-16-12-4-5-13(8-12)17(16)18(33)21(35)31-15(10-29)9-14-6-7-30-20(14)34/h4-5,12-19H,6-9,11H2,1-3H3,(H,30,34)(H,31,35)(H,32,37)/t12-,13+,14+,15+,16-,17+,18+,19-/m1/s1. The van der Waals surface area contributed by atoms with E-state index in [1.807, 2.05) is 0 Å². The Morgan fingerprint density at radius 1 is 1.24 bits per heavy atom. The number of rotatable bonds is 7. The minimum Gasteiger partial charge on any atom is -0.356 e. The highest BCUT2D eigenvalue weighted by atomic mass is 35.5. The first-order chi connectivity index (χ1) is 17.2. The van der Waals surface area contributed by atoms with Crippen LogP contribution in [0.5, 0.6) is 0 Å². The number of nitriles is 1. The Balaban J connectivity index is 1.58. The molecule has 2 saturated heterocycles. The van der Waals surface area contributed by atoms with Gasteiger partial charge in [0.2, 0.25) is 17.7 Å². The third-order valence-corrected chi connectivity index (χ3v) is 8.49. The predicted molar refractivity (Wildman–Crippen MR) is 133 cm³/mol. The molecular weight excluding hydrogens is 524 g/mol. The van der Waals surface area contributed by atoms with Crippen LogP contribution in [0.15, 0.2) is 12.2 Å². The van der Waals surface area contributed by atoms with Crippen LogP contribution in [-0.4, -0.2) is 64.3 Å². The Hall–Kier alpha value is -2.38. The van der Waals surface area contributed by atoms with Gasteiger partial charge in [0.05, 0.1) is 6.07 Å². The maximum Gasteiger partial charge on any atom is 0.335 e. The number of nitrogens with zero attached hydrogens (tertiary/aromatic N) is 2. The maximum absolute atomic E-state index is 13.9. The molecule has 202 valence electrons. The summed E-state index contributed by atoms with van der Waals surface area (Å²) >= 11 is 10.7. The molecule has 8 atom stereocenters. The van der Waals surface area contributed by atoms with Crippen LogP contribution < -0.4 is 16.0 Å². The topological polar surface area (TPSA) is 131 Å². The van der Waals surface area contributed by atoms with Crippen LogP contribution in [0.25, 0.3) is 0 Å². The van der Waals surface area contributed by atoms with Crippen LogP contribution in [0.1, 0.15) is 40.0 Å².